The Bertz CT molecular complexity index is 666. The fourth-order valence-electron chi connectivity index (χ4n) is 2.69. The van der Waals surface area contributed by atoms with Crippen LogP contribution in [0.5, 0.6) is 5.75 Å². The van der Waals surface area contributed by atoms with Crippen LogP contribution in [-0.4, -0.2) is 30.2 Å². The third-order valence-electron chi connectivity index (χ3n) is 4.04. The molecule has 1 aromatic heterocycles. The van der Waals surface area contributed by atoms with Gasteiger partial charge in [0.2, 0.25) is 5.91 Å². The number of carbonyl (C=O) groups is 1. The maximum Gasteiger partial charge on any atom is 0.233 e. The molecule has 0 spiro atoms. The van der Waals surface area contributed by atoms with E-state index in [1.54, 1.807) is 18.9 Å². The van der Waals surface area contributed by atoms with Crippen LogP contribution in [0.2, 0.25) is 0 Å². The fourth-order valence-corrected chi connectivity index (χ4v) is 5.10. The highest BCUT2D eigenvalue weighted by molar-refractivity contribution is 8.00. The van der Waals surface area contributed by atoms with Gasteiger partial charge in [0.15, 0.2) is 0 Å². The summed E-state index contributed by atoms with van der Waals surface area (Å²) >= 11 is 3.57. The Hall–Kier alpha value is -1.46. The first-order chi connectivity index (χ1) is 11.2. The third-order valence-corrected chi connectivity index (χ3v) is 6.71. The quantitative estimate of drug-likeness (QED) is 0.787. The van der Waals surface area contributed by atoms with Crippen LogP contribution in [0.3, 0.4) is 0 Å². The molecule has 0 saturated carbocycles. The summed E-state index contributed by atoms with van der Waals surface area (Å²) in [6, 6.07) is 12.5. The van der Waals surface area contributed by atoms with Gasteiger partial charge in [0, 0.05) is 16.3 Å². The first-order valence-electron chi connectivity index (χ1n) is 7.84. The predicted molar refractivity (Wildman–Crippen MR) is 97.3 cm³/mol. The summed E-state index contributed by atoms with van der Waals surface area (Å²) in [5.41, 5.74) is 1.23. The Morgan fingerprint density at radius 3 is 2.65 bits per heavy atom. The molecule has 2 heterocycles. The van der Waals surface area contributed by atoms with E-state index in [1.165, 1.54) is 15.3 Å². The Balaban J connectivity index is 1.67. The van der Waals surface area contributed by atoms with Crippen molar-refractivity contribution < 1.29 is 9.53 Å². The molecule has 0 N–H and O–H groups in total. The van der Waals surface area contributed by atoms with Gasteiger partial charge in [-0.2, -0.15) is 0 Å². The smallest absolute Gasteiger partial charge is 0.233 e. The standard InChI is InChI=1S/C18H21NO2S2/c1-3-15-8-9-16(23-15)18-19(17(20)12-22-18)11-10-13-4-6-14(21-2)7-5-13/h4-9,18H,3,10-12H2,1-2H3. The summed E-state index contributed by atoms with van der Waals surface area (Å²) in [6.45, 7) is 2.94. The number of rotatable bonds is 6. The van der Waals surface area contributed by atoms with Gasteiger partial charge >= 0.3 is 0 Å². The third kappa shape index (κ3) is 3.72. The van der Waals surface area contributed by atoms with Gasteiger partial charge in [-0.25, -0.2) is 0 Å². The van der Waals surface area contributed by atoms with E-state index in [0.717, 1.165) is 25.1 Å². The molecule has 1 fully saturated rings. The van der Waals surface area contributed by atoms with E-state index in [0.29, 0.717) is 5.75 Å². The van der Waals surface area contributed by atoms with E-state index in [4.69, 9.17) is 4.74 Å². The maximum atomic E-state index is 12.2. The molecule has 122 valence electrons. The van der Waals surface area contributed by atoms with Gasteiger partial charge in [0.1, 0.15) is 11.1 Å². The zero-order valence-electron chi connectivity index (χ0n) is 13.5. The molecule has 0 aliphatic carbocycles. The molecular formula is C18H21NO2S2. The van der Waals surface area contributed by atoms with Crippen LogP contribution >= 0.6 is 23.1 Å². The zero-order valence-corrected chi connectivity index (χ0v) is 15.1. The second-order valence-electron chi connectivity index (χ2n) is 5.51. The maximum absolute atomic E-state index is 12.2. The minimum atomic E-state index is 0.186. The second kappa shape index (κ2) is 7.41. The summed E-state index contributed by atoms with van der Waals surface area (Å²) in [4.78, 5) is 17.0. The van der Waals surface area contributed by atoms with Crippen LogP contribution in [0, 0.1) is 0 Å². The molecule has 23 heavy (non-hydrogen) atoms. The van der Waals surface area contributed by atoms with Crippen molar-refractivity contribution in [2.45, 2.75) is 25.1 Å². The normalized spacial score (nSPS) is 17.7. The second-order valence-corrected chi connectivity index (χ2v) is 7.77. The number of carbonyl (C=O) groups excluding carboxylic acids is 1. The molecular weight excluding hydrogens is 326 g/mol. The zero-order chi connectivity index (χ0) is 16.2. The van der Waals surface area contributed by atoms with E-state index >= 15 is 0 Å². The fraction of sp³-hybridized carbons (Fsp3) is 0.389. The molecule has 3 rings (SSSR count). The van der Waals surface area contributed by atoms with Crippen LogP contribution < -0.4 is 4.74 Å². The number of thiophene rings is 1. The minimum absolute atomic E-state index is 0.186. The Morgan fingerprint density at radius 1 is 1.22 bits per heavy atom. The monoisotopic (exact) mass is 347 g/mol. The van der Waals surface area contributed by atoms with Crippen molar-refractivity contribution in [3.05, 3.63) is 51.7 Å². The first-order valence-corrected chi connectivity index (χ1v) is 9.70. The lowest BCUT2D eigenvalue weighted by atomic mass is 10.1. The molecule has 1 aliphatic rings. The lowest BCUT2D eigenvalue weighted by molar-refractivity contribution is -0.127. The van der Waals surface area contributed by atoms with Gasteiger partial charge in [-0.1, -0.05) is 19.1 Å². The summed E-state index contributed by atoms with van der Waals surface area (Å²) in [6.07, 6.45) is 1.93. The van der Waals surface area contributed by atoms with Gasteiger partial charge in [-0.15, -0.1) is 23.1 Å². The Morgan fingerprint density at radius 2 is 2.00 bits per heavy atom. The topological polar surface area (TPSA) is 29.5 Å². The molecule has 0 bridgehead atoms. The average Bonchev–Trinajstić information content (AvgIpc) is 3.20. The number of methoxy groups -OCH3 is 1. The van der Waals surface area contributed by atoms with Crippen LogP contribution in [0.4, 0.5) is 0 Å². The van der Waals surface area contributed by atoms with Gasteiger partial charge in [-0.3, -0.25) is 4.79 Å². The number of thioether (sulfide) groups is 1. The summed E-state index contributed by atoms with van der Waals surface area (Å²) in [5.74, 6) is 1.71. The van der Waals surface area contributed by atoms with Gasteiger partial charge < -0.3 is 9.64 Å². The molecule has 1 aromatic carbocycles. The molecule has 3 nitrogen and oxygen atoms in total. The van der Waals surface area contributed by atoms with Crippen LogP contribution in [0.15, 0.2) is 36.4 Å². The Kier molecular flexibility index (Phi) is 5.28. The number of aryl methyl sites for hydroxylation is 1. The summed E-state index contributed by atoms with van der Waals surface area (Å²) in [7, 11) is 1.67. The minimum Gasteiger partial charge on any atom is -0.497 e. The van der Waals surface area contributed by atoms with E-state index < -0.39 is 0 Å². The lowest BCUT2D eigenvalue weighted by Gasteiger charge is -2.23. The van der Waals surface area contributed by atoms with Crippen molar-refractivity contribution in [1.29, 1.82) is 0 Å². The van der Waals surface area contributed by atoms with Gasteiger partial charge in [0.05, 0.1) is 12.9 Å². The average molecular weight is 348 g/mol. The molecule has 1 atom stereocenters. The van der Waals surface area contributed by atoms with Gasteiger partial charge in [-0.05, 0) is 42.7 Å². The number of benzene rings is 1. The van der Waals surface area contributed by atoms with Crippen molar-refractivity contribution >= 4 is 29.0 Å². The molecule has 1 amide bonds. The van der Waals surface area contributed by atoms with Crippen LogP contribution in [0.1, 0.15) is 27.6 Å². The first kappa shape index (κ1) is 16.4. The number of nitrogens with zero attached hydrogens (tertiary/aromatic N) is 1. The lowest BCUT2D eigenvalue weighted by Crippen LogP contribution is -2.30. The van der Waals surface area contributed by atoms with Gasteiger partial charge in [0.25, 0.3) is 0 Å². The Labute approximate surface area is 145 Å². The predicted octanol–water partition coefficient (Wildman–Crippen LogP) is 4.14. The van der Waals surface area contributed by atoms with E-state index in [1.807, 2.05) is 28.4 Å². The van der Waals surface area contributed by atoms with Crippen molar-refractivity contribution in [2.75, 3.05) is 19.4 Å². The molecule has 1 saturated heterocycles. The highest BCUT2D eigenvalue weighted by Gasteiger charge is 2.33. The molecule has 1 aliphatic heterocycles. The molecule has 0 radical (unpaired) electrons. The number of ether oxygens (including phenoxy) is 1. The van der Waals surface area contributed by atoms with Crippen LogP contribution in [-0.2, 0) is 17.6 Å². The largest absolute Gasteiger partial charge is 0.497 e. The summed E-state index contributed by atoms with van der Waals surface area (Å²) < 4.78 is 5.19. The highest BCUT2D eigenvalue weighted by Crippen LogP contribution is 2.41. The number of amides is 1. The van der Waals surface area contributed by atoms with E-state index in [2.05, 4.69) is 31.2 Å². The van der Waals surface area contributed by atoms with Crippen molar-refractivity contribution in [2.24, 2.45) is 0 Å². The number of hydrogen-bond donors (Lipinski definition) is 0. The van der Waals surface area contributed by atoms with E-state index in [9.17, 15) is 4.79 Å². The van der Waals surface area contributed by atoms with Crippen molar-refractivity contribution in [3.8, 4) is 5.75 Å². The van der Waals surface area contributed by atoms with Crippen LogP contribution in [0.25, 0.3) is 0 Å². The van der Waals surface area contributed by atoms with Crippen molar-refractivity contribution in [1.82, 2.24) is 4.90 Å². The molecule has 5 heteroatoms. The summed E-state index contributed by atoms with van der Waals surface area (Å²) in [5, 5.41) is 0.186. The highest BCUT2D eigenvalue weighted by atomic mass is 32.2. The molecule has 2 aromatic rings. The molecule has 1 unspecified atom stereocenters. The number of hydrogen-bond acceptors (Lipinski definition) is 4. The SMILES string of the molecule is CCc1ccc(C2SCC(=O)N2CCc2ccc(OC)cc2)s1. The van der Waals surface area contributed by atoms with Crippen molar-refractivity contribution in [3.63, 3.8) is 0 Å². The van der Waals surface area contributed by atoms with E-state index in [-0.39, 0.29) is 11.3 Å².